The van der Waals surface area contributed by atoms with E-state index in [4.69, 9.17) is 21.1 Å². The molecule has 124 valence electrons. The predicted molar refractivity (Wildman–Crippen MR) is 91.1 cm³/mol. The van der Waals surface area contributed by atoms with E-state index in [-0.39, 0.29) is 6.10 Å². The van der Waals surface area contributed by atoms with E-state index in [1.54, 1.807) is 7.11 Å². The van der Waals surface area contributed by atoms with E-state index in [1.807, 2.05) is 26.0 Å². The Hall–Kier alpha value is -0.970. The summed E-state index contributed by atoms with van der Waals surface area (Å²) in [7, 11) is 1.66. The summed E-state index contributed by atoms with van der Waals surface area (Å²) in [6.07, 6.45) is 2.57. The van der Waals surface area contributed by atoms with E-state index in [1.165, 1.54) is 12.8 Å². The molecule has 2 rings (SSSR count). The third-order valence-electron chi connectivity index (χ3n) is 3.90. The highest BCUT2D eigenvalue weighted by Gasteiger charge is 2.14. The molecule has 1 aromatic rings. The van der Waals surface area contributed by atoms with Gasteiger partial charge in [0, 0.05) is 17.6 Å². The summed E-state index contributed by atoms with van der Waals surface area (Å²) >= 11 is 6.38. The third kappa shape index (κ3) is 5.04. The number of methoxy groups -OCH3 is 1. The zero-order valence-electron chi connectivity index (χ0n) is 13.7. The van der Waals surface area contributed by atoms with Crippen LogP contribution in [0.5, 0.6) is 11.5 Å². The fourth-order valence-electron chi connectivity index (χ4n) is 2.72. The van der Waals surface area contributed by atoms with Gasteiger partial charge in [0.15, 0.2) is 11.5 Å². The van der Waals surface area contributed by atoms with E-state index in [9.17, 15) is 0 Å². The normalized spacial score (nSPS) is 16.0. The molecule has 0 aromatic heterocycles. The van der Waals surface area contributed by atoms with E-state index >= 15 is 0 Å². The van der Waals surface area contributed by atoms with Crippen molar-refractivity contribution in [3.05, 3.63) is 22.7 Å². The Balaban J connectivity index is 1.95. The monoisotopic (exact) mass is 326 g/mol. The van der Waals surface area contributed by atoms with Crippen molar-refractivity contribution < 1.29 is 9.47 Å². The Morgan fingerprint density at radius 3 is 2.64 bits per heavy atom. The molecule has 1 aliphatic rings. The van der Waals surface area contributed by atoms with E-state index in [0.29, 0.717) is 10.8 Å². The maximum absolute atomic E-state index is 6.38. The number of nitrogens with one attached hydrogen (secondary N) is 2. The first-order valence-electron chi connectivity index (χ1n) is 8.04. The molecule has 0 saturated carbocycles. The van der Waals surface area contributed by atoms with Crippen molar-refractivity contribution in [2.45, 2.75) is 39.3 Å². The molecule has 2 N–H and O–H groups in total. The van der Waals surface area contributed by atoms with Gasteiger partial charge in [0.25, 0.3) is 0 Å². The topological polar surface area (TPSA) is 42.5 Å². The van der Waals surface area contributed by atoms with Crippen LogP contribution in [0.15, 0.2) is 12.1 Å². The largest absolute Gasteiger partial charge is 0.493 e. The second kappa shape index (κ2) is 8.61. The van der Waals surface area contributed by atoms with Gasteiger partial charge in [-0.1, -0.05) is 11.6 Å². The van der Waals surface area contributed by atoms with E-state index < -0.39 is 0 Å². The van der Waals surface area contributed by atoms with Crippen LogP contribution in [0.4, 0.5) is 0 Å². The molecule has 0 unspecified atom stereocenters. The molecule has 22 heavy (non-hydrogen) atoms. The lowest BCUT2D eigenvalue weighted by atomic mass is 9.98. The van der Waals surface area contributed by atoms with Gasteiger partial charge in [0.05, 0.1) is 13.2 Å². The molecule has 0 radical (unpaired) electrons. The molecular formula is C17H27ClN2O2. The molecule has 0 amide bonds. The van der Waals surface area contributed by atoms with E-state index in [2.05, 4.69) is 10.6 Å². The van der Waals surface area contributed by atoms with Gasteiger partial charge >= 0.3 is 0 Å². The first kappa shape index (κ1) is 17.4. The van der Waals surface area contributed by atoms with Crippen molar-refractivity contribution in [2.75, 3.05) is 26.7 Å². The zero-order valence-corrected chi connectivity index (χ0v) is 14.5. The van der Waals surface area contributed by atoms with Crippen LogP contribution in [0.25, 0.3) is 0 Å². The van der Waals surface area contributed by atoms with Gasteiger partial charge in [-0.15, -0.1) is 0 Å². The predicted octanol–water partition coefficient (Wildman–Crippen LogP) is 3.23. The second-order valence-electron chi connectivity index (χ2n) is 6.09. The van der Waals surface area contributed by atoms with Crippen molar-refractivity contribution in [1.82, 2.24) is 10.6 Å². The van der Waals surface area contributed by atoms with Crippen LogP contribution < -0.4 is 20.1 Å². The van der Waals surface area contributed by atoms with Gasteiger partial charge in [0.2, 0.25) is 0 Å². The fourth-order valence-corrected chi connectivity index (χ4v) is 2.94. The first-order valence-corrected chi connectivity index (χ1v) is 8.42. The number of hydrogen-bond acceptors (Lipinski definition) is 4. The minimum absolute atomic E-state index is 0.0915. The van der Waals surface area contributed by atoms with Crippen molar-refractivity contribution >= 4 is 11.6 Å². The highest BCUT2D eigenvalue weighted by molar-refractivity contribution is 6.31. The number of benzene rings is 1. The van der Waals surface area contributed by atoms with Crippen LogP contribution in [0.1, 0.15) is 32.3 Å². The Bertz CT molecular complexity index is 474. The summed E-state index contributed by atoms with van der Waals surface area (Å²) in [6, 6.07) is 3.82. The molecular weight excluding hydrogens is 300 g/mol. The van der Waals surface area contributed by atoms with Gasteiger partial charge in [-0.2, -0.15) is 0 Å². The van der Waals surface area contributed by atoms with Gasteiger partial charge < -0.3 is 20.1 Å². The number of piperidine rings is 1. The molecule has 0 atom stereocenters. The lowest BCUT2D eigenvalue weighted by Gasteiger charge is -2.23. The summed E-state index contributed by atoms with van der Waals surface area (Å²) in [5, 5.41) is 7.62. The lowest BCUT2D eigenvalue weighted by molar-refractivity contribution is 0.230. The molecule has 1 aliphatic heterocycles. The zero-order chi connectivity index (χ0) is 15.9. The standard InChI is InChI=1S/C17H27ClN2O2/c1-12(2)22-17-9-15(18)14(8-16(17)21-3)11-20-10-13-4-6-19-7-5-13/h8-9,12-13,19-20H,4-7,10-11H2,1-3H3. The molecule has 1 saturated heterocycles. The van der Waals surface area contributed by atoms with Crippen molar-refractivity contribution in [1.29, 1.82) is 0 Å². The Morgan fingerprint density at radius 1 is 1.27 bits per heavy atom. The molecule has 1 fully saturated rings. The summed E-state index contributed by atoms with van der Waals surface area (Å²) in [6.45, 7) is 8.01. The highest BCUT2D eigenvalue weighted by atomic mass is 35.5. The maximum Gasteiger partial charge on any atom is 0.163 e. The fraction of sp³-hybridized carbons (Fsp3) is 0.647. The van der Waals surface area contributed by atoms with Gasteiger partial charge in [-0.05, 0) is 63.9 Å². The van der Waals surface area contributed by atoms with Gasteiger partial charge in [0.1, 0.15) is 0 Å². The van der Waals surface area contributed by atoms with Gasteiger partial charge in [-0.25, -0.2) is 0 Å². The molecule has 0 spiro atoms. The van der Waals surface area contributed by atoms with Crippen LogP contribution >= 0.6 is 11.6 Å². The minimum Gasteiger partial charge on any atom is -0.493 e. The van der Waals surface area contributed by atoms with Crippen LogP contribution in [0, 0.1) is 5.92 Å². The van der Waals surface area contributed by atoms with Crippen LogP contribution in [-0.4, -0.2) is 32.8 Å². The van der Waals surface area contributed by atoms with Crippen LogP contribution in [0.2, 0.25) is 5.02 Å². The summed E-state index contributed by atoms with van der Waals surface area (Å²) in [4.78, 5) is 0. The Kier molecular flexibility index (Phi) is 6.80. The van der Waals surface area contributed by atoms with Crippen LogP contribution in [-0.2, 0) is 6.54 Å². The van der Waals surface area contributed by atoms with Crippen LogP contribution in [0.3, 0.4) is 0 Å². The molecule has 0 aliphatic carbocycles. The number of rotatable bonds is 7. The number of halogens is 1. The number of ether oxygens (including phenoxy) is 2. The molecule has 4 nitrogen and oxygen atoms in total. The Morgan fingerprint density at radius 2 is 2.00 bits per heavy atom. The summed E-state index contributed by atoms with van der Waals surface area (Å²) < 4.78 is 11.2. The minimum atomic E-state index is 0.0915. The highest BCUT2D eigenvalue weighted by Crippen LogP contribution is 2.34. The SMILES string of the molecule is COc1cc(CNCC2CCNCC2)c(Cl)cc1OC(C)C. The quantitative estimate of drug-likeness (QED) is 0.807. The second-order valence-corrected chi connectivity index (χ2v) is 6.49. The lowest BCUT2D eigenvalue weighted by Crippen LogP contribution is -2.33. The first-order chi connectivity index (χ1) is 10.6. The van der Waals surface area contributed by atoms with Crippen molar-refractivity contribution in [2.24, 2.45) is 5.92 Å². The van der Waals surface area contributed by atoms with Crippen molar-refractivity contribution in [3.8, 4) is 11.5 Å². The van der Waals surface area contributed by atoms with Crippen molar-refractivity contribution in [3.63, 3.8) is 0 Å². The van der Waals surface area contributed by atoms with E-state index in [0.717, 1.165) is 43.4 Å². The molecule has 0 bridgehead atoms. The Labute approximate surface area is 138 Å². The summed E-state index contributed by atoms with van der Waals surface area (Å²) in [5.74, 6) is 2.19. The average molecular weight is 327 g/mol. The number of hydrogen-bond donors (Lipinski definition) is 2. The van der Waals surface area contributed by atoms with Gasteiger partial charge in [-0.3, -0.25) is 0 Å². The molecule has 1 aromatic carbocycles. The smallest absolute Gasteiger partial charge is 0.163 e. The molecule has 1 heterocycles. The maximum atomic E-state index is 6.38. The molecule has 5 heteroatoms. The average Bonchev–Trinajstić information content (AvgIpc) is 2.50. The summed E-state index contributed by atoms with van der Waals surface area (Å²) in [5.41, 5.74) is 1.04. The third-order valence-corrected chi connectivity index (χ3v) is 4.25.